The molecule has 1 heterocycles. The van der Waals surface area contributed by atoms with Crippen molar-refractivity contribution in [2.75, 3.05) is 0 Å². The maximum Gasteiger partial charge on any atom is 0.338 e. The molecule has 0 amide bonds. The zero-order valence-corrected chi connectivity index (χ0v) is 10.9. The Morgan fingerprint density at radius 2 is 2.00 bits per heavy atom. The van der Waals surface area contributed by atoms with Crippen LogP contribution in [0.25, 0.3) is 22.4 Å². The van der Waals surface area contributed by atoms with Crippen molar-refractivity contribution < 1.29 is 18.7 Å². The number of halogens is 2. The molecule has 3 aromatic rings. The van der Waals surface area contributed by atoms with Gasteiger partial charge in [0.15, 0.2) is 0 Å². The molecule has 106 valence electrons. The third-order valence-electron chi connectivity index (χ3n) is 3.21. The molecule has 0 radical (unpaired) electrons. The smallest absolute Gasteiger partial charge is 0.338 e. The van der Waals surface area contributed by atoms with E-state index in [4.69, 9.17) is 5.11 Å². The number of fused-ring (bicyclic) bond motifs is 1. The van der Waals surface area contributed by atoms with Gasteiger partial charge in [-0.25, -0.2) is 18.6 Å². The van der Waals surface area contributed by atoms with Crippen LogP contribution in [0.15, 0.2) is 30.3 Å². The number of imidazole rings is 1. The quantitative estimate of drug-likeness (QED) is 0.758. The highest BCUT2D eigenvalue weighted by Crippen LogP contribution is 2.25. The molecular formula is C15H10F2N2O2. The van der Waals surface area contributed by atoms with Gasteiger partial charge in [-0.3, -0.25) is 0 Å². The average molecular weight is 288 g/mol. The standard InChI is InChI=1S/C15H10F2N2O2/c1-7-4-8(2-3-11(7)17)14-18-12-6-9(16)5-10(15(20)21)13(12)19-14/h2-6H,1H3,(H,18,19)(H,20,21). The molecule has 0 atom stereocenters. The lowest BCUT2D eigenvalue weighted by Crippen LogP contribution is -1.98. The van der Waals surface area contributed by atoms with Crippen molar-refractivity contribution in [3.8, 4) is 11.4 Å². The van der Waals surface area contributed by atoms with Gasteiger partial charge in [-0.05, 0) is 42.8 Å². The number of carbonyl (C=O) groups is 1. The van der Waals surface area contributed by atoms with Crippen LogP contribution >= 0.6 is 0 Å². The maximum absolute atomic E-state index is 13.4. The van der Waals surface area contributed by atoms with E-state index in [-0.39, 0.29) is 22.4 Å². The molecule has 0 aliphatic rings. The summed E-state index contributed by atoms with van der Waals surface area (Å²) in [6.45, 7) is 1.61. The van der Waals surface area contributed by atoms with E-state index in [0.29, 0.717) is 17.0 Å². The van der Waals surface area contributed by atoms with E-state index in [1.54, 1.807) is 13.0 Å². The zero-order valence-electron chi connectivity index (χ0n) is 10.9. The molecule has 0 unspecified atom stereocenters. The number of carboxylic acids is 1. The van der Waals surface area contributed by atoms with Crippen LogP contribution in [0.5, 0.6) is 0 Å². The normalized spacial score (nSPS) is 11.0. The number of benzene rings is 2. The average Bonchev–Trinajstić information content (AvgIpc) is 2.84. The number of aromatic carboxylic acids is 1. The molecule has 0 spiro atoms. The summed E-state index contributed by atoms with van der Waals surface area (Å²) in [5, 5.41) is 9.10. The highest BCUT2D eigenvalue weighted by molar-refractivity contribution is 6.01. The third kappa shape index (κ3) is 2.24. The molecule has 0 aliphatic carbocycles. The van der Waals surface area contributed by atoms with Crippen LogP contribution in [0.1, 0.15) is 15.9 Å². The van der Waals surface area contributed by atoms with E-state index in [0.717, 1.165) is 6.07 Å². The van der Waals surface area contributed by atoms with Crippen LogP contribution in [-0.2, 0) is 0 Å². The summed E-state index contributed by atoms with van der Waals surface area (Å²) in [6.07, 6.45) is 0. The fourth-order valence-electron chi connectivity index (χ4n) is 2.17. The van der Waals surface area contributed by atoms with Gasteiger partial charge in [-0.2, -0.15) is 0 Å². The minimum absolute atomic E-state index is 0.167. The van der Waals surface area contributed by atoms with Gasteiger partial charge < -0.3 is 10.1 Å². The highest BCUT2D eigenvalue weighted by Gasteiger charge is 2.16. The van der Waals surface area contributed by atoms with Crippen LogP contribution in [0, 0.1) is 18.6 Å². The topological polar surface area (TPSA) is 66.0 Å². The monoisotopic (exact) mass is 288 g/mol. The third-order valence-corrected chi connectivity index (χ3v) is 3.21. The summed E-state index contributed by atoms with van der Waals surface area (Å²) < 4.78 is 26.7. The fraction of sp³-hybridized carbons (Fsp3) is 0.0667. The van der Waals surface area contributed by atoms with Gasteiger partial charge in [0.05, 0.1) is 11.1 Å². The summed E-state index contributed by atoms with van der Waals surface area (Å²) in [5.74, 6) is -1.90. The summed E-state index contributed by atoms with van der Waals surface area (Å²) in [4.78, 5) is 18.2. The molecular weight excluding hydrogens is 278 g/mol. The molecule has 4 nitrogen and oxygen atoms in total. The van der Waals surface area contributed by atoms with Gasteiger partial charge in [0, 0.05) is 5.56 Å². The van der Waals surface area contributed by atoms with Gasteiger partial charge in [-0.1, -0.05) is 0 Å². The minimum atomic E-state index is -1.26. The first-order valence-electron chi connectivity index (χ1n) is 6.15. The van der Waals surface area contributed by atoms with Gasteiger partial charge in [0.1, 0.15) is 23.0 Å². The number of carboxylic acid groups (broad SMARTS) is 1. The summed E-state index contributed by atoms with van der Waals surface area (Å²) in [5.41, 5.74) is 1.27. The van der Waals surface area contributed by atoms with Crippen molar-refractivity contribution in [1.29, 1.82) is 0 Å². The second kappa shape index (κ2) is 4.66. The predicted octanol–water partition coefficient (Wildman–Crippen LogP) is 3.51. The minimum Gasteiger partial charge on any atom is -0.478 e. The predicted molar refractivity (Wildman–Crippen MR) is 73.1 cm³/mol. The molecule has 1 aromatic heterocycles. The Bertz CT molecular complexity index is 871. The van der Waals surface area contributed by atoms with Gasteiger partial charge in [-0.15, -0.1) is 0 Å². The Labute approximate surface area is 118 Å². The number of aromatic nitrogens is 2. The lowest BCUT2D eigenvalue weighted by Gasteiger charge is -1.99. The Morgan fingerprint density at radius 1 is 1.24 bits per heavy atom. The van der Waals surface area contributed by atoms with Crippen LogP contribution in [0.4, 0.5) is 8.78 Å². The first-order valence-corrected chi connectivity index (χ1v) is 6.15. The summed E-state index contributed by atoms with van der Waals surface area (Å²) in [6, 6.07) is 6.51. The number of H-pyrrole nitrogens is 1. The van der Waals surface area contributed by atoms with Crippen molar-refractivity contribution in [3.05, 3.63) is 53.1 Å². The number of nitrogens with one attached hydrogen (secondary N) is 1. The second-order valence-electron chi connectivity index (χ2n) is 4.70. The molecule has 0 aliphatic heterocycles. The van der Waals surface area contributed by atoms with Crippen LogP contribution in [0.2, 0.25) is 0 Å². The number of nitrogens with zero attached hydrogens (tertiary/aromatic N) is 1. The highest BCUT2D eigenvalue weighted by atomic mass is 19.1. The molecule has 0 saturated heterocycles. The molecule has 21 heavy (non-hydrogen) atoms. The molecule has 2 aromatic carbocycles. The number of hydrogen-bond acceptors (Lipinski definition) is 2. The number of rotatable bonds is 2. The molecule has 0 saturated carbocycles. The van der Waals surface area contributed by atoms with Crippen molar-refractivity contribution in [2.45, 2.75) is 6.92 Å². The molecule has 3 rings (SSSR count). The van der Waals surface area contributed by atoms with E-state index >= 15 is 0 Å². The van der Waals surface area contributed by atoms with E-state index in [2.05, 4.69) is 9.97 Å². The molecule has 2 N–H and O–H groups in total. The molecule has 6 heteroatoms. The SMILES string of the molecule is Cc1cc(-c2nc3c(C(=O)O)cc(F)cc3[nH]2)ccc1F. The van der Waals surface area contributed by atoms with E-state index < -0.39 is 11.8 Å². The van der Waals surface area contributed by atoms with Crippen molar-refractivity contribution in [3.63, 3.8) is 0 Å². The van der Waals surface area contributed by atoms with Crippen LogP contribution in [-0.4, -0.2) is 21.0 Å². The van der Waals surface area contributed by atoms with Crippen molar-refractivity contribution in [2.24, 2.45) is 0 Å². The summed E-state index contributed by atoms with van der Waals surface area (Å²) in [7, 11) is 0. The van der Waals surface area contributed by atoms with E-state index in [1.165, 1.54) is 18.2 Å². The lowest BCUT2D eigenvalue weighted by atomic mass is 10.1. The van der Waals surface area contributed by atoms with E-state index in [1.807, 2.05) is 0 Å². The zero-order chi connectivity index (χ0) is 15.1. The van der Waals surface area contributed by atoms with E-state index in [9.17, 15) is 13.6 Å². The summed E-state index contributed by atoms with van der Waals surface area (Å²) >= 11 is 0. The Balaban J connectivity index is 2.23. The van der Waals surface area contributed by atoms with Crippen molar-refractivity contribution >= 4 is 17.0 Å². The van der Waals surface area contributed by atoms with Gasteiger partial charge >= 0.3 is 5.97 Å². The fourth-order valence-corrected chi connectivity index (χ4v) is 2.17. The molecule has 0 bridgehead atoms. The Hall–Kier alpha value is -2.76. The van der Waals surface area contributed by atoms with Crippen LogP contribution < -0.4 is 0 Å². The number of aryl methyl sites for hydroxylation is 1. The number of aromatic amines is 1. The Kier molecular flexibility index (Phi) is 2.94. The molecule has 0 fully saturated rings. The van der Waals surface area contributed by atoms with Crippen molar-refractivity contribution in [1.82, 2.24) is 9.97 Å². The number of hydrogen-bond donors (Lipinski definition) is 2. The lowest BCUT2D eigenvalue weighted by molar-refractivity contribution is 0.0698. The van der Waals surface area contributed by atoms with Crippen LogP contribution in [0.3, 0.4) is 0 Å². The second-order valence-corrected chi connectivity index (χ2v) is 4.70. The largest absolute Gasteiger partial charge is 0.478 e. The van der Waals surface area contributed by atoms with Gasteiger partial charge in [0.25, 0.3) is 0 Å². The first-order chi connectivity index (χ1) is 9.95. The first kappa shape index (κ1) is 13.2. The maximum atomic E-state index is 13.4. The Morgan fingerprint density at radius 3 is 2.67 bits per heavy atom. The van der Waals surface area contributed by atoms with Gasteiger partial charge in [0.2, 0.25) is 0 Å².